The largest absolute Gasteiger partial charge is 0.295 e. The number of amides is 2. The van der Waals surface area contributed by atoms with Crippen LogP contribution in [0.3, 0.4) is 0 Å². The summed E-state index contributed by atoms with van der Waals surface area (Å²) in [4.78, 5) is 46.1. The Balaban J connectivity index is 1.58. The molecule has 0 unspecified atom stereocenters. The molecule has 0 spiro atoms. The van der Waals surface area contributed by atoms with E-state index in [2.05, 4.69) is 15.9 Å². The number of benzene rings is 3. The van der Waals surface area contributed by atoms with Crippen molar-refractivity contribution in [1.29, 1.82) is 0 Å². The Kier molecular flexibility index (Phi) is 5.15. The Bertz CT molecular complexity index is 1230. The van der Waals surface area contributed by atoms with Gasteiger partial charge in [-0.25, -0.2) is 9.96 Å². The van der Waals surface area contributed by atoms with Gasteiger partial charge in [-0.15, -0.1) is 0 Å². The lowest BCUT2D eigenvalue weighted by Crippen LogP contribution is -2.37. The molecule has 32 heavy (non-hydrogen) atoms. The van der Waals surface area contributed by atoms with Gasteiger partial charge < -0.3 is 0 Å². The molecular formula is C25H19BrN2O4. The first-order valence-corrected chi connectivity index (χ1v) is 11.0. The van der Waals surface area contributed by atoms with Crippen molar-refractivity contribution in [2.24, 2.45) is 5.92 Å². The lowest BCUT2D eigenvalue weighted by Gasteiger charge is -2.29. The summed E-state index contributed by atoms with van der Waals surface area (Å²) in [6, 6.07) is 23.2. The maximum absolute atomic E-state index is 13.6. The number of carbonyl (C=O) groups excluding carboxylic acids is 3. The monoisotopic (exact) mass is 490 g/mol. The van der Waals surface area contributed by atoms with Crippen molar-refractivity contribution in [3.05, 3.63) is 94.5 Å². The fourth-order valence-electron chi connectivity index (χ4n) is 4.36. The lowest BCUT2D eigenvalue weighted by atomic mass is 9.90. The molecule has 7 heteroatoms. The Morgan fingerprint density at radius 2 is 1.59 bits per heavy atom. The summed E-state index contributed by atoms with van der Waals surface area (Å²) in [6.45, 7) is 1.45. The van der Waals surface area contributed by atoms with Crippen LogP contribution in [-0.2, 0) is 14.4 Å². The van der Waals surface area contributed by atoms with Gasteiger partial charge in [-0.2, -0.15) is 0 Å². The van der Waals surface area contributed by atoms with Crippen LogP contribution in [0.1, 0.15) is 28.9 Å². The highest BCUT2D eigenvalue weighted by atomic mass is 79.9. The number of ketones is 1. The molecule has 3 aromatic carbocycles. The fraction of sp³-hybridized carbons (Fsp3) is 0.160. The summed E-state index contributed by atoms with van der Waals surface area (Å²) < 4.78 is 0.870. The smallest absolute Gasteiger partial charge is 0.266 e. The molecule has 0 aromatic heterocycles. The molecule has 2 amide bonds. The van der Waals surface area contributed by atoms with Gasteiger partial charge in [0.1, 0.15) is 5.92 Å². The third-order valence-electron chi connectivity index (χ3n) is 5.83. The summed E-state index contributed by atoms with van der Waals surface area (Å²) in [5.41, 5.74) is 2.44. The number of rotatable bonds is 4. The Labute approximate surface area is 193 Å². The van der Waals surface area contributed by atoms with Gasteiger partial charge in [0.25, 0.3) is 5.91 Å². The van der Waals surface area contributed by atoms with E-state index in [4.69, 9.17) is 4.84 Å². The van der Waals surface area contributed by atoms with E-state index < -0.39 is 24.0 Å². The van der Waals surface area contributed by atoms with E-state index in [0.29, 0.717) is 11.3 Å². The second-order valence-corrected chi connectivity index (χ2v) is 8.75. The van der Waals surface area contributed by atoms with Crippen LogP contribution in [0, 0.1) is 5.92 Å². The molecule has 0 aliphatic carbocycles. The highest BCUT2D eigenvalue weighted by molar-refractivity contribution is 9.10. The van der Waals surface area contributed by atoms with Crippen molar-refractivity contribution in [2.75, 3.05) is 9.96 Å². The normalized spacial score (nSPS) is 22.4. The van der Waals surface area contributed by atoms with Crippen LogP contribution in [0.25, 0.3) is 0 Å². The number of imide groups is 1. The third-order valence-corrected chi connectivity index (χ3v) is 6.32. The van der Waals surface area contributed by atoms with Crippen molar-refractivity contribution in [2.45, 2.75) is 19.1 Å². The quantitative estimate of drug-likeness (QED) is 0.391. The Morgan fingerprint density at radius 1 is 0.875 bits per heavy atom. The number of hydrogen-bond acceptors (Lipinski definition) is 5. The van der Waals surface area contributed by atoms with Crippen LogP contribution in [-0.4, -0.2) is 23.7 Å². The van der Waals surface area contributed by atoms with Crippen molar-refractivity contribution in [1.82, 2.24) is 0 Å². The average molecular weight is 491 g/mol. The van der Waals surface area contributed by atoms with Gasteiger partial charge in [0.05, 0.1) is 17.4 Å². The van der Waals surface area contributed by atoms with Crippen molar-refractivity contribution < 1.29 is 19.2 Å². The fourth-order valence-corrected chi connectivity index (χ4v) is 4.78. The predicted octanol–water partition coefficient (Wildman–Crippen LogP) is 4.70. The van der Waals surface area contributed by atoms with Crippen LogP contribution >= 0.6 is 15.9 Å². The minimum absolute atomic E-state index is 0.135. The van der Waals surface area contributed by atoms with Gasteiger partial charge >= 0.3 is 0 Å². The molecule has 2 heterocycles. The number of para-hydroxylation sites is 1. The van der Waals surface area contributed by atoms with Crippen molar-refractivity contribution >= 4 is 44.9 Å². The molecule has 160 valence electrons. The highest BCUT2D eigenvalue weighted by Crippen LogP contribution is 2.47. The number of anilines is 2. The average Bonchev–Trinajstić information content (AvgIpc) is 3.30. The van der Waals surface area contributed by atoms with E-state index in [1.807, 2.05) is 54.6 Å². The second-order valence-electron chi connectivity index (χ2n) is 7.83. The van der Waals surface area contributed by atoms with E-state index in [9.17, 15) is 14.4 Å². The molecule has 0 bridgehead atoms. The zero-order chi connectivity index (χ0) is 22.4. The van der Waals surface area contributed by atoms with Crippen LogP contribution in [0.4, 0.5) is 11.4 Å². The molecule has 0 N–H and O–H groups in total. The first-order chi connectivity index (χ1) is 15.5. The van der Waals surface area contributed by atoms with Crippen LogP contribution in [0.15, 0.2) is 83.3 Å². The summed E-state index contributed by atoms with van der Waals surface area (Å²) in [6.07, 6.45) is -0.951. The molecule has 0 radical (unpaired) electrons. The highest BCUT2D eigenvalue weighted by Gasteiger charge is 2.60. The second kappa shape index (κ2) is 8.00. The molecule has 3 aromatic rings. The number of hydrogen-bond donors (Lipinski definition) is 0. The molecule has 2 saturated heterocycles. The zero-order valence-electron chi connectivity index (χ0n) is 17.1. The number of Topliss-reactive ketones (excluding diaryl/α,β-unsaturated/α-hetero) is 1. The van der Waals surface area contributed by atoms with Gasteiger partial charge in [-0.05, 0) is 48.9 Å². The van der Waals surface area contributed by atoms with Gasteiger partial charge in [0.15, 0.2) is 11.9 Å². The summed E-state index contributed by atoms with van der Waals surface area (Å²) in [5, 5.41) is 1.66. The topological polar surface area (TPSA) is 66.9 Å². The molecule has 6 nitrogen and oxygen atoms in total. The van der Waals surface area contributed by atoms with Crippen LogP contribution < -0.4 is 9.96 Å². The molecule has 2 fully saturated rings. The molecular weight excluding hydrogens is 472 g/mol. The first-order valence-electron chi connectivity index (χ1n) is 10.2. The molecule has 0 saturated carbocycles. The maximum Gasteiger partial charge on any atom is 0.266 e. The number of fused-ring (bicyclic) bond motifs is 1. The minimum Gasteiger partial charge on any atom is -0.295 e. The van der Waals surface area contributed by atoms with Gasteiger partial charge in [-0.1, -0.05) is 58.4 Å². The molecule has 5 rings (SSSR count). The van der Waals surface area contributed by atoms with Crippen LogP contribution in [0.2, 0.25) is 0 Å². The van der Waals surface area contributed by atoms with E-state index in [1.165, 1.54) is 6.92 Å². The minimum atomic E-state index is -0.951. The van der Waals surface area contributed by atoms with Crippen molar-refractivity contribution in [3.63, 3.8) is 0 Å². The Morgan fingerprint density at radius 3 is 2.31 bits per heavy atom. The summed E-state index contributed by atoms with van der Waals surface area (Å²) in [5.74, 6) is -1.63. The van der Waals surface area contributed by atoms with Crippen molar-refractivity contribution in [3.8, 4) is 0 Å². The first kappa shape index (κ1) is 20.6. The van der Waals surface area contributed by atoms with E-state index in [1.54, 1.807) is 29.3 Å². The van der Waals surface area contributed by atoms with Crippen LogP contribution in [0.5, 0.6) is 0 Å². The lowest BCUT2D eigenvalue weighted by molar-refractivity contribution is -0.126. The predicted molar refractivity (Wildman–Crippen MR) is 123 cm³/mol. The van der Waals surface area contributed by atoms with E-state index >= 15 is 0 Å². The molecule has 2 aliphatic heterocycles. The number of halogens is 1. The van der Waals surface area contributed by atoms with E-state index in [0.717, 1.165) is 20.6 Å². The number of nitrogens with zero attached hydrogens (tertiary/aromatic N) is 2. The molecule has 3 atom stereocenters. The maximum atomic E-state index is 13.6. The number of hydroxylamine groups is 1. The van der Waals surface area contributed by atoms with Gasteiger partial charge in [0, 0.05) is 10.0 Å². The summed E-state index contributed by atoms with van der Waals surface area (Å²) >= 11 is 3.50. The summed E-state index contributed by atoms with van der Waals surface area (Å²) in [7, 11) is 0. The van der Waals surface area contributed by atoms with Gasteiger partial charge in [-0.3, -0.25) is 19.2 Å². The third kappa shape index (κ3) is 3.34. The Hall–Kier alpha value is -3.29. The van der Waals surface area contributed by atoms with E-state index in [-0.39, 0.29) is 11.7 Å². The number of carbonyl (C=O) groups is 3. The van der Waals surface area contributed by atoms with Gasteiger partial charge in [0.2, 0.25) is 5.91 Å². The SMILES string of the molecule is CC(=O)c1cccc(N2C(=O)[C@@H]3[C@H](ON(c4ccccc4)[C@@H]3c3cccc(Br)c3)C2=O)c1. The molecule has 2 aliphatic rings. The standard InChI is InChI=1S/C25H19BrN2O4/c1-15(29)16-7-6-12-20(14-16)27-24(30)21-22(17-8-5-9-18(26)13-17)28(32-23(21)25(27)31)19-10-3-2-4-11-19/h2-14,21-23H,1H3/t21-,22+,23-/m0/s1. The zero-order valence-corrected chi connectivity index (χ0v) is 18.7.